The maximum atomic E-state index is 12.5. The van der Waals surface area contributed by atoms with Gasteiger partial charge in [-0.2, -0.15) is 0 Å². The molecule has 1 aromatic heterocycles. The van der Waals surface area contributed by atoms with Crippen molar-refractivity contribution in [2.24, 2.45) is 0 Å². The highest BCUT2D eigenvalue weighted by Crippen LogP contribution is 2.22. The monoisotopic (exact) mass is 279 g/mol. The lowest BCUT2D eigenvalue weighted by atomic mass is 10.0. The van der Waals surface area contributed by atoms with E-state index in [1.54, 1.807) is 30.3 Å². The second-order valence-electron chi connectivity index (χ2n) is 5.55. The topological polar surface area (TPSA) is 74.7 Å². The van der Waals surface area contributed by atoms with Crippen molar-refractivity contribution in [3.63, 3.8) is 0 Å². The first-order valence-corrected chi connectivity index (χ1v) is 6.67. The van der Waals surface area contributed by atoms with Crippen LogP contribution in [0.4, 0.5) is 5.82 Å². The molecule has 0 saturated carbocycles. The van der Waals surface area contributed by atoms with Gasteiger partial charge < -0.3 is 20.1 Å². The van der Waals surface area contributed by atoms with Crippen molar-refractivity contribution in [1.82, 2.24) is 9.88 Å². The Labute approximate surface area is 118 Å². The van der Waals surface area contributed by atoms with E-state index < -0.39 is 5.60 Å². The molecule has 0 aliphatic carbocycles. The molecule has 20 heavy (non-hydrogen) atoms. The summed E-state index contributed by atoms with van der Waals surface area (Å²) in [5.74, 6) is 0.632. The Balaban J connectivity index is 2.14. The minimum Gasteiger partial charge on any atom is -0.394 e. The van der Waals surface area contributed by atoms with Crippen LogP contribution >= 0.6 is 0 Å². The SMILES string of the molecule is CNc1ccc(C(=O)N2CC(CO)OC(C)(C)C2)cn1. The van der Waals surface area contributed by atoms with Crippen LogP contribution < -0.4 is 5.32 Å². The average Bonchev–Trinajstić information content (AvgIpc) is 2.44. The highest BCUT2D eigenvalue weighted by atomic mass is 16.5. The smallest absolute Gasteiger partial charge is 0.255 e. The fourth-order valence-corrected chi connectivity index (χ4v) is 2.40. The first-order valence-electron chi connectivity index (χ1n) is 6.67. The van der Waals surface area contributed by atoms with Gasteiger partial charge in [0.1, 0.15) is 5.82 Å². The lowest BCUT2D eigenvalue weighted by molar-refractivity contribution is -0.139. The molecule has 1 unspecified atom stereocenters. The van der Waals surface area contributed by atoms with Crippen molar-refractivity contribution in [1.29, 1.82) is 0 Å². The van der Waals surface area contributed by atoms with Gasteiger partial charge in [-0.3, -0.25) is 4.79 Å². The molecule has 0 spiro atoms. The molecule has 1 aliphatic heterocycles. The second-order valence-corrected chi connectivity index (χ2v) is 5.55. The van der Waals surface area contributed by atoms with Crippen LogP contribution in [0.2, 0.25) is 0 Å². The Hall–Kier alpha value is -1.66. The highest BCUT2D eigenvalue weighted by Gasteiger charge is 2.35. The molecule has 2 N–H and O–H groups in total. The van der Waals surface area contributed by atoms with Gasteiger partial charge in [-0.25, -0.2) is 4.98 Å². The van der Waals surface area contributed by atoms with E-state index >= 15 is 0 Å². The lowest BCUT2D eigenvalue weighted by Crippen LogP contribution is -2.55. The number of amides is 1. The fraction of sp³-hybridized carbons (Fsp3) is 0.571. The molecule has 1 amide bonds. The van der Waals surface area contributed by atoms with E-state index in [1.165, 1.54) is 0 Å². The molecule has 1 aromatic rings. The third-order valence-corrected chi connectivity index (χ3v) is 3.24. The Morgan fingerprint density at radius 2 is 2.35 bits per heavy atom. The number of rotatable bonds is 3. The van der Waals surface area contributed by atoms with Gasteiger partial charge in [0.05, 0.1) is 23.9 Å². The van der Waals surface area contributed by atoms with Crippen LogP contribution in [0.5, 0.6) is 0 Å². The summed E-state index contributed by atoms with van der Waals surface area (Å²) in [7, 11) is 1.78. The number of hydrogen-bond donors (Lipinski definition) is 2. The zero-order chi connectivity index (χ0) is 14.8. The molecule has 1 atom stereocenters. The van der Waals surface area contributed by atoms with Crippen molar-refractivity contribution >= 4 is 11.7 Å². The number of pyridine rings is 1. The molecule has 0 aromatic carbocycles. The first kappa shape index (κ1) is 14.7. The highest BCUT2D eigenvalue weighted by molar-refractivity contribution is 5.94. The molecule has 6 nitrogen and oxygen atoms in total. The van der Waals surface area contributed by atoms with E-state index in [1.807, 2.05) is 13.8 Å². The summed E-state index contributed by atoms with van der Waals surface area (Å²) in [6.07, 6.45) is 1.22. The van der Waals surface area contributed by atoms with Crippen LogP contribution in [-0.4, -0.2) is 59.3 Å². The zero-order valence-electron chi connectivity index (χ0n) is 12.1. The van der Waals surface area contributed by atoms with E-state index in [4.69, 9.17) is 4.74 Å². The first-order chi connectivity index (χ1) is 9.45. The number of carbonyl (C=O) groups is 1. The maximum Gasteiger partial charge on any atom is 0.255 e. The number of aliphatic hydroxyl groups excluding tert-OH is 1. The molecule has 1 aliphatic rings. The predicted octanol–water partition coefficient (Wildman–Crippen LogP) is 0.735. The number of carbonyl (C=O) groups excluding carboxylic acids is 1. The van der Waals surface area contributed by atoms with E-state index in [0.29, 0.717) is 18.7 Å². The predicted molar refractivity (Wildman–Crippen MR) is 75.7 cm³/mol. The van der Waals surface area contributed by atoms with Crippen LogP contribution in [-0.2, 0) is 4.74 Å². The third-order valence-electron chi connectivity index (χ3n) is 3.24. The van der Waals surface area contributed by atoms with Gasteiger partial charge >= 0.3 is 0 Å². The Morgan fingerprint density at radius 3 is 2.90 bits per heavy atom. The molecule has 2 heterocycles. The third kappa shape index (κ3) is 3.26. The fourth-order valence-electron chi connectivity index (χ4n) is 2.40. The number of nitrogens with one attached hydrogen (secondary N) is 1. The van der Waals surface area contributed by atoms with E-state index in [0.717, 1.165) is 5.82 Å². The van der Waals surface area contributed by atoms with E-state index in [-0.39, 0.29) is 18.6 Å². The number of hydrogen-bond acceptors (Lipinski definition) is 5. The zero-order valence-corrected chi connectivity index (χ0v) is 12.1. The molecule has 0 radical (unpaired) electrons. The average molecular weight is 279 g/mol. The number of nitrogens with zero attached hydrogens (tertiary/aromatic N) is 2. The summed E-state index contributed by atoms with van der Waals surface area (Å²) >= 11 is 0. The van der Waals surface area contributed by atoms with Crippen molar-refractivity contribution in [3.05, 3.63) is 23.9 Å². The van der Waals surface area contributed by atoms with Gasteiger partial charge in [-0.15, -0.1) is 0 Å². The lowest BCUT2D eigenvalue weighted by Gasteiger charge is -2.42. The van der Waals surface area contributed by atoms with E-state index in [9.17, 15) is 9.90 Å². The van der Waals surface area contributed by atoms with Gasteiger partial charge in [0.15, 0.2) is 0 Å². The van der Waals surface area contributed by atoms with Crippen LogP contribution in [0.15, 0.2) is 18.3 Å². The van der Waals surface area contributed by atoms with Gasteiger partial charge in [0, 0.05) is 26.3 Å². The van der Waals surface area contributed by atoms with Crippen LogP contribution in [0.1, 0.15) is 24.2 Å². The standard InChI is InChI=1S/C14H21N3O3/c1-14(2)9-17(7-11(8-18)20-14)13(19)10-4-5-12(15-3)16-6-10/h4-6,11,18H,7-9H2,1-3H3,(H,15,16). The Kier molecular flexibility index (Phi) is 4.25. The van der Waals surface area contributed by atoms with Crippen molar-refractivity contribution in [3.8, 4) is 0 Å². The minimum absolute atomic E-state index is 0.0880. The van der Waals surface area contributed by atoms with Crippen LogP contribution in [0, 0.1) is 0 Å². The van der Waals surface area contributed by atoms with E-state index in [2.05, 4.69) is 10.3 Å². The summed E-state index contributed by atoms with van der Waals surface area (Å²) in [6, 6.07) is 3.51. The Morgan fingerprint density at radius 1 is 1.60 bits per heavy atom. The molecule has 1 fully saturated rings. The molecular formula is C14H21N3O3. The van der Waals surface area contributed by atoms with Crippen molar-refractivity contribution < 1.29 is 14.6 Å². The number of aliphatic hydroxyl groups is 1. The number of aromatic nitrogens is 1. The summed E-state index contributed by atoms with van der Waals surface area (Å²) in [6.45, 7) is 4.63. The molecule has 2 rings (SSSR count). The normalized spacial score (nSPS) is 21.6. The number of ether oxygens (including phenoxy) is 1. The molecular weight excluding hydrogens is 258 g/mol. The quantitative estimate of drug-likeness (QED) is 0.853. The van der Waals surface area contributed by atoms with Crippen molar-refractivity contribution in [2.75, 3.05) is 32.1 Å². The number of morpholine rings is 1. The maximum absolute atomic E-state index is 12.5. The Bertz CT molecular complexity index is 473. The molecule has 1 saturated heterocycles. The largest absolute Gasteiger partial charge is 0.394 e. The summed E-state index contributed by atoms with van der Waals surface area (Å²) in [5.41, 5.74) is 0.0815. The summed E-state index contributed by atoms with van der Waals surface area (Å²) in [4.78, 5) is 18.3. The van der Waals surface area contributed by atoms with Gasteiger partial charge in [-0.05, 0) is 26.0 Å². The summed E-state index contributed by atoms with van der Waals surface area (Å²) < 4.78 is 5.71. The van der Waals surface area contributed by atoms with Crippen LogP contribution in [0.25, 0.3) is 0 Å². The minimum atomic E-state index is -0.459. The van der Waals surface area contributed by atoms with Crippen LogP contribution in [0.3, 0.4) is 0 Å². The molecule has 6 heteroatoms. The van der Waals surface area contributed by atoms with Gasteiger partial charge in [-0.1, -0.05) is 0 Å². The van der Waals surface area contributed by atoms with Crippen molar-refractivity contribution in [2.45, 2.75) is 25.6 Å². The second kappa shape index (κ2) is 5.76. The van der Waals surface area contributed by atoms with Gasteiger partial charge in [0.25, 0.3) is 5.91 Å². The molecule has 0 bridgehead atoms. The molecule has 110 valence electrons. The summed E-state index contributed by atoms with van der Waals surface area (Å²) in [5, 5.41) is 12.2. The van der Waals surface area contributed by atoms with Gasteiger partial charge in [0.2, 0.25) is 0 Å². The number of anilines is 1.